The predicted molar refractivity (Wildman–Crippen MR) is 63.6 cm³/mol. The molecule has 1 aromatic heterocycles. The van der Waals surface area contributed by atoms with Crippen LogP contribution in [0, 0.1) is 0 Å². The van der Waals surface area contributed by atoms with Gasteiger partial charge in [-0.2, -0.15) is 0 Å². The first-order valence-electron chi connectivity index (χ1n) is 4.86. The second-order valence-electron chi connectivity index (χ2n) is 3.48. The van der Waals surface area contributed by atoms with Crippen LogP contribution >= 0.6 is 11.6 Å². The standard InChI is InChI=1S/C10H16ClNO2S/c1-8(15(2)13)5-6-12-7-9-3-4-10(11)14-9/h3-4,8,12H,5-7H2,1-2H3. The van der Waals surface area contributed by atoms with E-state index >= 15 is 0 Å². The van der Waals surface area contributed by atoms with Crippen LogP contribution < -0.4 is 5.32 Å². The van der Waals surface area contributed by atoms with E-state index in [0.29, 0.717) is 11.8 Å². The van der Waals surface area contributed by atoms with Gasteiger partial charge in [-0.3, -0.25) is 4.21 Å². The largest absolute Gasteiger partial charge is 0.448 e. The Morgan fingerprint density at radius 1 is 1.60 bits per heavy atom. The van der Waals surface area contributed by atoms with E-state index in [0.717, 1.165) is 18.7 Å². The molecule has 86 valence electrons. The summed E-state index contributed by atoms with van der Waals surface area (Å²) >= 11 is 5.63. The lowest BCUT2D eigenvalue weighted by molar-refractivity contribution is 0.482. The molecule has 5 heteroatoms. The third-order valence-electron chi connectivity index (χ3n) is 2.22. The first kappa shape index (κ1) is 12.7. The summed E-state index contributed by atoms with van der Waals surface area (Å²) in [4.78, 5) is 0. The molecule has 0 fully saturated rings. The number of hydrogen-bond acceptors (Lipinski definition) is 3. The molecule has 3 nitrogen and oxygen atoms in total. The van der Waals surface area contributed by atoms with Crippen molar-refractivity contribution in [2.45, 2.75) is 25.1 Å². The Morgan fingerprint density at radius 3 is 2.87 bits per heavy atom. The lowest BCUT2D eigenvalue weighted by Crippen LogP contribution is -2.20. The van der Waals surface area contributed by atoms with Gasteiger partial charge in [0.25, 0.3) is 0 Å². The highest BCUT2D eigenvalue weighted by atomic mass is 35.5. The Kier molecular flexibility index (Phi) is 5.36. The van der Waals surface area contributed by atoms with E-state index in [4.69, 9.17) is 16.0 Å². The van der Waals surface area contributed by atoms with Crippen molar-refractivity contribution < 1.29 is 8.63 Å². The molecule has 1 N–H and O–H groups in total. The first-order chi connectivity index (χ1) is 7.09. The van der Waals surface area contributed by atoms with E-state index in [9.17, 15) is 4.21 Å². The summed E-state index contributed by atoms with van der Waals surface area (Å²) in [7, 11) is -0.739. The summed E-state index contributed by atoms with van der Waals surface area (Å²) in [5.74, 6) is 0.824. The van der Waals surface area contributed by atoms with Crippen LogP contribution in [0.5, 0.6) is 0 Å². The van der Waals surface area contributed by atoms with Gasteiger partial charge < -0.3 is 9.73 Å². The van der Waals surface area contributed by atoms with Crippen LogP contribution in [0.3, 0.4) is 0 Å². The minimum Gasteiger partial charge on any atom is -0.448 e. The van der Waals surface area contributed by atoms with Gasteiger partial charge in [0.1, 0.15) is 5.76 Å². The zero-order chi connectivity index (χ0) is 11.3. The Bertz CT molecular complexity index is 327. The van der Waals surface area contributed by atoms with Crippen molar-refractivity contribution in [1.29, 1.82) is 0 Å². The van der Waals surface area contributed by atoms with Crippen molar-refractivity contribution in [2.24, 2.45) is 0 Å². The maximum atomic E-state index is 11.1. The van der Waals surface area contributed by atoms with E-state index in [1.807, 2.05) is 13.0 Å². The van der Waals surface area contributed by atoms with Crippen LogP contribution in [0.15, 0.2) is 16.5 Å². The van der Waals surface area contributed by atoms with E-state index in [1.165, 1.54) is 0 Å². The highest BCUT2D eigenvalue weighted by molar-refractivity contribution is 7.84. The minimum atomic E-state index is -0.739. The quantitative estimate of drug-likeness (QED) is 0.786. The molecular weight excluding hydrogens is 234 g/mol. The van der Waals surface area contributed by atoms with E-state index in [2.05, 4.69) is 5.32 Å². The van der Waals surface area contributed by atoms with Crippen LogP contribution in [0.2, 0.25) is 5.22 Å². The molecule has 0 saturated heterocycles. The molecule has 15 heavy (non-hydrogen) atoms. The first-order valence-corrected chi connectivity index (χ1v) is 6.86. The van der Waals surface area contributed by atoms with Crippen LogP contribution in [-0.4, -0.2) is 22.3 Å². The van der Waals surface area contributed by atoms with Gasteiger partial charge in [-0.05, 0) is 36.7 Å². The molecule has 0 aliphatic rings. The van der Waals surface area contributed by atoms with Crippen molar-refractivity contribution in [3.63, 3.8) is 0 Å². The fraction of sp³-hybridized carbons (Fsp3) is 0.600. The Hall–Kier alpha value is -0.320. The normalized spacial score (nSPS) is 15.1. The lowest BCUT2D eigenvalue weighted by atomic mass is 10.3. The van der Waals surface area contributed by atoms with Gasteiger partial charge in [-0.1, -0.05) is 6.92 Å². The zero-order valence-corrected chi connectivity index (χ0v) is 10.5. The van der Waals surface area contributed by atoms with Crippen molar-refractivity contribution in [2.75, 3.05) is 12.8 Å². The van der Waals surface area contributed by atoms with E-state index in [-0.39, 0.29) is 5.25 Å². The SMILES string of the molecule is CC(CCNCc1ccc(Cl)o1)S(C)=O. The minimum absolute atomic E-state index is 0.234. The molecule has 0 spiro atoms. The molecule has 2 atom stereocenters. The zero-order valence-electron chi connectivity index (χ0n) is 8.96. The van der Waals surface area contributed by atoms with Gasteiger partial charge in [0.15, 0.2) is 5.22 Å². The third kappa shape index (κ3) is 4.82. The lowest BCUT2D eigenvalue weighted by Gasteiger charge is -2.07. The van der Waals surface area contributed by atoms with Crippen molar-refractivity contribution >= 4 is 22.4 Å². The van der Waals surface area contributed by atoms with Gasteiger partial charge in [0.05, 0.1) is 6.54 Å². The summed E-state index contributed by atoms with van der Waals surface area (Å²) < 4.78 is 16.2. The second kappa shape index (κ2) is 6.30. The Labute approximate surface area is 97.6 Å². The van der Waals surface area contributed by atoms with Crippen molar-refractivity contribution in [3.05, 3.63) is 23.1 Å². The van der Waals surface area contributed by atoms with Gasteiger partial charge in [-0.25, -0.2) is 0 Å². The molecule has 0 aromatic carbocycles. The molecule has 0 radical (unpaired) electrons. The number of nitrogens with one attached hydrogen (secondary N) is 1. The summed E-state index contributed by atoms with van der Waals surface area (Å²) in [6, 6.07) is 3.57. The summed E-state index contributed by atoms with van der Waals surface area (Å²) in [6.07, 6.45) is 2.63. The van der Waals surface area contributed by atoms with Gasteiger partial charge >= 0.3 is 0 Å². The summed E-state index contributed by atoms with van der Waals surface area (Å²) in [6.45, 7) is 3.48. The Morgan fingerprint density at radius 2 is 2.33 bits per heavy atom. The van der Waals surface area contributed by atoms with Gasteiger partial charge in [0.2, 0.25) is 0 Å². The average Bonchev–Trinajstić information content (AvgIpc) is 2.58. The fourth-order valence-corrected chi connectivity index (χ4v) is 1.74. The van der Waals surface area contributed by atoms with Gasteiger partial charge in [0, 0.05) is 22.3 Å². The molecule has 0 amide bonds. The van der Waals surface area contributed by atoms with Crippen LogP contribution in [0.25, 0.3) is 0 Å². The number of rotatable bonds is 6. The van der Waals surface area contributed by atoms with Crippen LogP contribution in [-0.2, 0) is 17.3 Å². The second-order valence-corrected chi connectivity index (χ2v) is 5.65. The smallest absolute Gasteiger partial charge is 0.193 e. The van der Waals surface area contributed by atoms with Crippen molar-refractivity contribution in [3.8, 4) is 0 Å². The molecule has 1 heterocycles. The summed E-state index contributed by atoms with van der Waals surface area (Å²) in [5.41, 5.74) is 0. The van der Waals surface area contributed by atoms with Gasteiger partial charge in [-0.15, -0.1) is 0 Å². The number of halogens is 1. The molecular formula is C10H16ClNO2S. The van der Waals surface area contributed by atoms with Crippen LogP contribution in [0.1, 0.15) is 19.1 Å². The predicted octanol–water partition coefficient (Wildman–Crippen LogP) is 2.18. The molecule has 1 rings (SSSR count). The fourth-order valence-electron chi connectivity index (χ4n) is 1.13. The topological polar surface area (TPSA) is 42.2 Å². The van der Waals surface area contributed by atoms with Crippen molar-refractivity contribution in [1.82, 2.24) is 5.32 Å². The number of furan rings is 1. The summed E-state index contributed by atoms with van der Waals surface area (Å²) in [5, 5.41) is 3.86. The monoisotopic (exact) mass is 249 g/mol. The van der Waals surface area contributed by atoms with E-state index in [1.54, 1.807) is 12.3 Å². The third-order valence-corrected chi connectivity index (χ3v) is 3.79. The Balaban J connectivity index is 2.14. The molecule has 0 saturated carbocycles. The van der Waals surface area contributed by atoms with Crippen LogP contribution in [0.4, 0.5) is 0 Å². The molecule has 2 unspecified atom stereocenters. The highest BCUT2D eigenvalue weighted by Gasteiger charge is 2.05. The maximum Gasteiger partial charge on any atom is 0.193 e. The molecule has 0 aliphatic carbocycles. The molecule has 0 bridgehead atoms. The molecule has 0 aliphatic heterocycles. The highest BCUT2D eigenvalue weighted by Crippen LogP contribution is 2.12. The maximum absolute atomic E-state index is 11.1. The molecule has 1 aromatic rings. The number of hydrogen-bond donors (Lipinski definition) is 1. The van der Waals surface area contributed by atoms with E-state index < -0.39 is 10.8 Å². The average molecular weight is 250 g/mol.